The smallest absolute Gasteiger partial charge is 0.327 e. The van der Waals surface area contributed by atoms with Gasteiger partial charge in [-0.25, -0.2) is 4.79 Å². The first-order valence-electron chi connectivity index (χ1n) is 10.9. The van der Waals surface area contributed by atoms with Gasteiger partial charge in [0.15, 0.2) is 0 Å². The van der Waals surface area contributed by atoms with Gasteiger partial charge in [-0.1, -0.05) is 44.2 Å². The van der Waals surface area contributed by atoms with Crippen molar-refractivity contribution in [1.82, 2.24) is 15.1 Å². The second kappa shape index (κ2) is 8.64. The van der Waals surface area contributed by atoms with E-state index in [0.717, 1.165) is 18.7 Å². The van der Waals surface area contributed by atoms with E-state index < -0.39 is 5.54 Å². The maximum Gasteiger partial charge on any atom is 0.327 e. The van der Waals surface area contributed by atoms with E-state index in [0.29, 0.717) is 32.5 Å². The number of piperidine rings is 1. The molecule has 2 saturated heterocycles. The molecule has 160 valence electrons. The lowest BCUT2D eigenvalue weighted by atomic mass is 9.74. The van der Waals surface area contributed by atoms with Crippen molar-refractivity contribution in [3.63, 3.8) is 0 Å². The minimum atomic E-state index is -0.807. The van der Waals surface area contributed by atoms with Gasteiger partial charge in [0.1, 0.15) is 11.3 Å². The molecule has 1 spiro atoms. The van der Waals surface area contributed by atoms with Crippen molar-refractivity contribution in [2.75, 3.05) is 26.2 Å². The summed E-state index contributed by atoms with van der Waals surface area (Å²) >= 11 is 0. The third kappa shape index (κ3) is 3.76. The largest absolute Gasteiger partial charge is 0.469 e. The minimum absolute atomic E-state index is 0.0261. The lowest BCUT2D eigenvalue weighted by Gasteiger charge is -2.44. The number of hydrogen-bond acceptors (Lipinski definition) is 4. The molecule has 0 bridgehead atoms. The molecule has 2 atom stereocenters. The van der Waals surface area contributed by atoms with Gasteiger partial charge in [-0.05, 0) is 43.0 Å². The van der Waals surface area contributed by atoms with Crippen molar-refractivity contribution in [3.8, 4) is 0 Å². The number of carbonyl (C=O) groups excluding carboxylic acids is 2. The number of nitrogens with zero attached hydrogens (tertiary/aromatic N) is 2. The molecule has 3 amide bonds. The third-order valence-corrected chi connectivity index (χ3v) is 6.35. The van der Waals surface area contributed by atoms with Crippen LogP contribution in [0.5, 0.6) is 0 Å². The van der Waals surface area contributed by atoms with Gasteiger partial charge in [0.25, 0.3) is 5.91 Å². The molecular formula is C24H31N3O3. The zero-order chi connectivity index (χ0) is 21.1. The molecule has 30 heavy (non-hydrogen) atoms. The van der Waals surface area contributed by atoms with Gasteiger partial charge in [0, 0.05) is 32.0 Å². The van der Waals surface area contributed by atoms with Crippen LogP contribution in [-0.4, -0.2) is 53.5 Å². The molecule has 6 heteroatoms. The Labute approximate surface area is 178 Å². The fourth-order valence-corrected chi connectivity index (χ4v) is 4.94. The first-order chi connectivity index (χ1) is 14.5. The maximum absolute atomic E-state index is 13.8. The highest BCUT2D eigenvalue weighted by molar-refractivity contribution is 6.07. The third-order valence-electron chi connectivity index (χ3n) is 6.35. The number of hydrogen-bond donors (Lipinski definition) is 1. The van der Waals surface area contributed by atoms with E-state index in [1.54, 1.807) is 6.26 Å². The number of urea groups is 1. The summed E-state index contributed by atoms with van der Waals surface area (Å²) in [5.74, 6) is 1.03. The molecule has 2 aromatic rings. The Kier molecular flexibility index (Phi) is 5.95. The lowest BCUT2D eigenvalue weighted by molar-refractivity contribution is -0.137. The maximum atomic E-state index is 13.8. The molecule has 1 aromatic carbocycles. The highest BCUT2D eigenvalue weighted by Crippen LogP contribution is 2.41. The SMILES string of the molecule is CC(C)CN1C(=O)N(CCc2ccccc2)C2(CCNCC2Cc2ccco2)C1=O. The van der Waals surface area contributed by atoms with Crippen LogP contribution in [0.4, 0.5) is 4.79 Å². The van der Waals surface area contributed by atoms with Crippen molar-refractivity contribution in [3.05, 3.63) is 60.1 Å². The number of benzene rings is 1. The van der Waals surface area contributed by atoms with Crippen molar-refractivity contribution < 1.29 is 14.0 Å². The number of amides is 3. The highest BCUT2D eigenvalue weighted by atomic mass is 16.3. The second-order valence-corrected chi connectivity index (χ2v) is 8.84. The molecule has 1 N–H and O–H groups in total. The predicted octanol–water partition coefficient (Wildman–Crippen LogP) is 3.33. The van der Waals surface area contributed by atoms with Crippen LogP contribution in [0, 0.1) is 11.8 Å². The topological polar surface area (TPSA) is 65.8 Å². The standard InChI is InChI=1S/C24H31N3O3/c1-18(2)17-26-22(28)24(11-12-25-16-20(24)15-21-9-6-14-30-21)27(23(26)29)13-10-19-7-4-3-5-8-19/h3-9,14,18,20,25H,10-13,15-17H2,1-2H3. The van der Waals surface area contributed by atoms with E-state index in [4.69, 9.17) is 4.42 Å². The molecule has 2 aliphatic heterocycles. The van der Waals surface area contributed by atoms with Crippen molar-refractivity contribution in [2.45, 2.75) is 38.6 Å². The van der Waals surface area contributed by atoms with Gasteiger partial charge < -0.3 is 14.6 Å². The predicted molar refractivity (Wildman–Crippen MR) is 115 cm³/mol. The Morgan fingerprint density at radius 2 is 1.97 bits per heavy atom. The van der Waals surface area contributed by atoms with Crippen LogP contribution in [-0.2, 0) is 17.6 Å². The zero-order valence-electron chi connectivity index (χ0n) is 17.8. The molecule has 2 fully saturated rings. The fraction of sp³-hybridized carbons (Fsp3) is 0.500. The minimum Gasteiger partial charge on any atom is -0.469 e. The van der Waals surface area contributed by atoms with Crippen LogP contribution in [0.2, 0.25) is 0 Å². The fourth-order valence-electron chi connectivity index (χ4n) is 4.94. The Bertz CT molecular complexity index is 865. The zero-order valence-corrected chi connectivity index (χ0v) is 17.8. The van der Waals surface area contributed by atoms with Crippen molar-refractivity contribution in [1.29, 1.82) is 0 Å². The summed E-state index contributed by atoms with van der Waals surface area (Å²) in [6, 6.07) is 13.8. The van der Waals surface area contributed by atoms with Crippen molar-refractivity contribution in [2.24, 2.45) is 11.8 Å². The Hall–Kier alpha value is -2.60. The summed E-state index contributed by atoms with van der Waals surface area (Å²) in [6.45, 7) is 6.51. The van der Waals surface area contributed by atoms with Crippen LogP contribution in [0.25, 0.3) is 0 Å². The number of nitrogens with one attached hydrogen (secondary N) is 1. The Morgan fingerprint density at radius 3 is 2.67 bits per heavy atom. The van der Waals surface area contributed by atoms with E-state index in [2.05, 4.69) is 17.4 Å². The Balaban J connectivity index is 1.67. The van der Waals surface area contributed by atoms with E-state index in [9.17, 15) is 9.59 Å². The molecule has 0 aliphatic carbocycles. The lowest BCUT2D eigenvalue weighted by Crippen LogP contribution is -2.62. The van der Waals surface area contributed by atoms with E-state index >= 15 is 0 Å². The Morgan fingerprint density at radius 1 is 1.17 bits per heavy atom. The summed E-state index contributed by atoms with van der Waals surface area (Å²) in [5.41, 5.74) is 0.366. The van der Waals surface area contributed by atoms with Crippen LogP contribution < -0.4 is 5.32 Å². The van der Waals surface area contributed by atoms with Gasteiger partial charge in [0.2, 0.25) is 0 Å². The summed E-state index contributed by atoms with van der Waals surface area (Å²) in [6.07, 6.45) is 3.67. The molecule has 2 unspecified atom stereocenters. The molecule has 0 radical (unpaired) electrons. The van der Waals surface area contributed by atoms with Gasteiger partial charge >= 0.3 is 6.03 Å². The average molecular weight is 410 g/mol. The highest BCUT2D eigenvalue weighted by Gasteiger charge is 2.61. The molecule has 6 nitrogen and oxygen atoms in total. The van der Waals surface area contributed by atoms with Crippen molar-refractivity contribution >= 4 is 11.9 Å². The number of carbonyl (C=O) groups is 2. The molecule has 1 aromatic heterocycles. The number of rotatable bonds is 7. The summed E-state index contributed by atoms with van der Waals surface area (Å²) < 4.78 is 5.60. The van der Waals surface area contributed by atoms with Crippen LogP contribution >= 0.6 is 0 Å². The van der Waals surface area contributed by atoms with E-state index in [1.165, 1.54) is 10.5 Å². The van der Waals surface area contributed by atoms with Gasteiger partial charge in [-0.3, -0.25) is 9.69 Å². The summed E-state index contributed by atoms with van der Waals surface area (Å²) in [7, 11) is 0. The van der Waals surface area contributed by atoms with Gasteiger partial charge in [-0.2, -0.15) is 0 Å². The van der Waals surface area contributed by atoms with E-state index in [1.807, 2.05) is 49.1 Å². The monoisotopic (exact) mass is 409 g/mol. The molecule has 0 saturated carbocycles. The summed E-state index contributed by atoms with van der Waals surface area (Å²) in [4.78, 5) is 30.6. The molecule has 3 heterocycles. The van der Waals surface area contributed by atoms with Gasteiger partial charge in [-0.15, -0.1) is 0 Å². The number of imide groups is 1. The second-order valence-electron chi connectivity index (χ2n) is 8.84. The normalized spacial score (nSPS) is 24.4. The van der Waals surface area contributed by atoms with E-state index in [-0.39, 0.29) is 23.8 Å². The molecule has 2 aliphatic rings. The quantitative estimate of drug-likeness (QED) is 0.713. The first kappa shape index (κ1) is 20.7. The van der Waals surface area contributed by atoms with Crippen LogP contribution in [0.1, 0.15) is 31.6 Å². The summed E-state index contributed by atoms with van der Waals surface area (Å²) in [5, 5.41) is 3.43. The van der Waals surface area contributed by atoms with Crippen LogP contribution in [0.15, 0.2) is 53.1 Å². The average Bonchev–Trinajstić information content (AvgIpc) is 3.31. The molecule has 4 rings (SSSR count). The molecular weight excluding hydrogens is 378 g/mol. The number of furan rings is 1. The first-order valence-corrected chi connectivity index (χ1v) is 10.9. The van der Waals surface area contributed by atoms with Crippen LogP contribution in [0.3, 0.4) is 0 Å². The van der Waals surface area contributed by atoms with Gasteiger partial charge in [0.05, 0.1) is 6.26 Å².